The van der Waals surface area contributed by atoms with E-state index in [0.29, 0.717) is 0 Å². The molecule has 1 saturated carbocycles. The summed E-state index contributed by atoms with van der Waals surface area (Å²) in [4.78, 5) is 0. The summed E-state index contributed by atoms with van der Waals surface area (Å²) in [7, 11) is 0. The van der Waals surface area contributed by atoms with Gasteiger partial charge in [0.2, 0.25) is 0 Å². The summed E-state index contributed by atoms with van der Waals surface area (Å²) in [5.41, 5.74) is 2.44. The Labute approximate surface area is 106 Å². The van der Waals surface area contributed by atoms with Crippen molar-refractivity contribution in [3.05, 3.63) is 35.4 Å². The molecule has 0 amide bonds. The minimum absolute atomic E-state index is 0.287. The SMILES string of the molecule is CC(C)(C)[S@+]([O-])N=Cc1ccc(C2CC2)cc1. The van der Waals surface area contributed by atoms with E-state index in [1.54, 1.807) is 6.21 Å². The van der Waals surface area contributed by atoms with Gasteiger partial charge in [-0.05, 0) is 50.7 Å². The normalized spacial score (nSPS) is 18.6. The van der Waals surface area contributed by atoms with Crippen LogP contribution in [-0.2, 0) is 11.4 Å². The maximum Gasteiger partial charge on any atom is 0.144 e. The Kier molecular flexibility index (Phi) is 3.59. The van der Waals surface area contributed by atoms with Gasteiger partial charge in [0.15, 0.2) is 0 Å². The summed E-state index contributed by atoms with van der Waals surface area (Å²) < 4.78 is 15.6. The van der Waals surface area contributed by atoms with Crippen LogP contribution in [0.15, 0.2) is 28.7 Å². The first-order valence-corrected chi connectivity index (χ1v) is 7.13. The van der Waals surface area contributed by atoms with Crippen LogP contribution in [0.2, 0.25) is 0 Å². The molecule has 0 unspecified atom stereocenters. The van der Waals surface area contributed by atoms with Gasteiger partial charge in [0.1, 0.15) is 16.1 Å². The summed E-state index contributed by atoms with van der Waals surface area (Å²) in [6.45, 7) is 5.78. The zero-order valence-corrected chi connectivity index (χ0v) is 11.5. The van der Waals surface area contributed by atoms with E-state index in [2.05, 4.69) is 28.7 Å². The van der Waals surface area contributed by atoms with Crippen LogP contribution in [0.5, 0.6) is 0 Å². The second-order valence-corrected chi connectivity index (χ2v) is 7.47. The number of benzene rings is 1. The van der Waals surface area contributed by atoms with Gasteiger partial charge in [0, 0.05) is 0 Å². The molecule has 2 nitrogen and oxygen atoms in total. The lowest BCUT2D eigenvalue weighted by Gasteiger charge is -2.17. The van der Waals surface area contributed by atoms with Crippen molar-refractivity contribution in [2.75, 3.05) is 0 Å². The molecule has 1 aromatic rings. The molecule has 0 aromatic heterocycles. The van der Waals surface area contributed by atoms with Crippen LogP contribution in [0.1, 0.15) is 50.7 Å². The molecule has 0 N–H and O–H groups in total. The Bertz CT molecular complexity index is 401. The molecule has 1 atom stereocenters. The Balaban J connectivity index is 2.00. The number of hydrogen-bond acceptors (Lipinski definition) is 2. The van der Waals surface area contributed by atoms with Crippen LogP contribution in [0, 0.1) is 0 Å². The monoisotopic (exact) mass is 249 g/mol. The molecule has 1 aliphatic rings. The van der Waals surface area contributed by atoms with Gasteiger partial charge in [-0.3, -0.25) is 0 Å². The highest BCUT2D eigenvalue weighted by atomic mass is 32.2. The molecule has 0 saturated heterocycles. The average Bonchev–Trinajstić information content (AvgIpc) is 3.09. The molecule has 92 valence electrons. The molecule has 0 spiro atoms. The predicted molar refractivity (Wildman–Crippen MR) is 73.9 cm³/mol. The lowest BCUT2D eigenvalue weighted by Crippen LogP contribution is -2.25. The first-order valence-electron chi connectivity index (χ1n) is 6.03. The fraction of sp³-hybridized carbons (Fsp3) is 0.500. The molecule has 0 radical (unpaired) electrons. The second kappa shape index (κ2) is 4.83. The van der Waals surface area contributed by atoms with Crippen LogP contribution in [0.25, 0.3) is 0 Å². The summed E-state index contributed by atoms with van der Waals surface area (Å²) in [5, 5.41) is 0. The van der Waals surface area contributed by atoms with Gasteiger partial charge in [0.05, 0.1) is 6.21 Å². The predicted octanol–water partition coefficient (Wildman–Crippen LogP) is 3.45. The first-order chi connectivity index (χ1) is 7.97. The summed E-state index contributed by atoms with van der Waals surface area (Å²) in [5.74, 6) is 0.782. The van der Waals surface area contributed by atoms with Gasteiger partial charge in [-0.1, -0.05) is 28.7 Å². The van der Waals surface area contributed by atoms with E-state index in [9.17, 15) is 4.55 Å². The van der Waals surface area contributed by atoms with Crippen molar-refractivity contribution in [3.63, 3.8) is 0 Å². The molecule has 1 fully saturated rings. The lowest BCUT2D eigenvalue weighted by atomic mass is 10.1. The quantitative estimate of drug-likeness (QED) is 0.597. The van der Waals surface area contributed by atoms with Gasteiger partial charge < -0.3 is 4.55 Å². The van der Waals surface area contributed by atoms with Crippen LogP contribution in [-0.4, -0.2) is 15.5 Å². The Morgan fingerprint density at radius 1 is 1.24 bits per heavy atom. The van der Waals surface area contributed by atoms with Crippen LogP contribution in [0.4, 0.5) is 0 Å². The highest BCUT2D eigenvalue weighted by molar-refractivity contribution is 7.91. The van der Waals surface area contributed by atoms with Crippen molar-refractivity contribution in [3.8, 4) is 0 Å². The first kappa shape index (κ1) is 12.7. The van der Waals surface area contributed by atoms with Gasteiger partial charge in [0.25, 0.3) is 0 Å². The third-order valence-electron chi connectivity index (χ3n) is 2.81. The largest absolute Gasteiger partial charge is 0.591 e. The summed E-state index contributed by atoms with van der Waals surface area (Å²) >= 11 is -1.17. The van der Waals surface area contributed by atoms with Gasteiger partial charge in [-0.2, -0.15) is 0 Å². The van der Waals surface area contributed by atoms with Crippen molar-refractivity contribution in [1.82, 2.24) is 0 Å². The molecule has 0 heterocycles. The number of rotatable bonds is 3. The smallest absolute Gasteiger partial charge is 0.144 e. The molecule has 1 aliphatic carbocycles. The highest BCUT2D eigenvalue weighted by Crippen LogP contribution is 2.39. The Hall–Kier alpha value is -0.800. The van der Waals surface area contributed by atoms with Crippen LogP contribution in [0.3, 0.4) is 0 Å². The van der Waals surface area contributed by atoms with E-state index in [-0.39, 0.29) is 4.75 Å². The molecular formula is C14H19NOS. The van der Waals surface area contributed by atoms with Crippen molar-refractivity contribution < 1.29 is 4.55 Å². The van der Waals surface area contributed by atoms with Crippen molar-refractivity contribution in [2.24, 2.45) is 4.40 Å². The Morgan fingerprint density at radius 2 is 1.82 bits per heavy atom. The minimum Gasteiger partial charge on any atom is -0.591 e. The van der Waals surface area contributed by atoms with E-state index >= 15 is 0 Å². The Morgan fingerprint density at radius 3 is 2.29 bits per heavy atom. The molecule has 17 heavy (non-hydrogen) atoms. The van der Waals surface area contributed by atoms with Crippen LogP contribution >= 0.6 is 0 Å². The molecule has 1 aromatic carbocycles. The van der Waals surface area contributed by atoms with E-state index in [4.69, 9.17) is 0 Å². The van der Waals surface area contributed by atoms with E-state index < -0.39 is 11.4 Å². The number of nitrogens with zero attached hydrogens (tertiary/aromatic N) is 1. The van der Waals surface area contributed by atoms with Crippen molar-refractivity contribution in [1.29, 1.82) is 0 Å². The van der Waals surface area contributed by atoms with Crippen LogP contribution < -0.4 is 0 Å². The summed E-state index contributed by atoms with van der Waals surface area (Å²) in [6, 6.07) is 8.41. The van der Waals surface area contributed by atoms with Gasteiger partial charge in [-0.25, -0.2) is 0 Å². The molecule has 2 rings (SSSR count). The zero-order valence-electron chi connectivity index (χ0n) is 10.6. The number of hydrogen-bond donors (Lipinski definition) is 0. The molecule has 0 bridgehead atoms. The molecular weight excluding hydrogens is 230 g/mol. The lowest BCUT2D eigenvalue weighted by molar-refractivity contribution is 0.562. The minimum atomic E-state index is -1.17. The zero-order chi connectivity index (χ0) is 12.5. The molecule has 3 heteroatoms. The third-order valence-corrected chi connectivity index (χ3v) is 4.15. The van der Waals surface area contributed by atoms with Crippen molar-refractivity contribution >= 4 is 17.6 Å². The second-order valence-electron chi connectivity index (χ2n) is 5.54. The van der Waals surface area contributed by atoms with E-state index in [0.717, 1.165) is 11.5 Å². The van der Waals surface area contributed by atoms with Gasteiger partial charge in [-0.15, -0.1) is 0 Å². The highest BCUT2D eigenvalue weighted by Gasteiger charge is 2.26. The van der Waals surface area contributed by atoms with E-state index in [1.807, 2.05) is 20.8 Å². The van der Waals surface area contributed by atoms with Crippen molar-refractivity contribution in [2.45, 2.75) is 44.3 Å². The maximum atomic E-state index is 11.7. The fourth-order valence-electron chi connectivity index (χ4n) is 1.54. The fourth-order valence-corrected chi connectivity index (χ4v) is 2.07. The van der Waals surface area contributed by atoms with E-state index in [1.165, 1.54) is 18.4 Å². The maximum absolute atomic E-state index is 11.7. The standard InChI is InChI=1S/C14H19NOS/c1-14(2,3)17(16)15-10-11-4-6-12(7-5-11)13-8-9-13/h4-7,10,13H,8-9H2,1-3H3/t17-/m0/s1. The average molecular weight is 249 g/mol. The molecule has 0 aliphatic heterocycles. The third kappa shape index (κ3) is 3.58. The van der Waals surface area contributed by atoms with Gasteiger partial charge >= 0.3 is 0 Å². The summed E-state index contributed by atoms with van der Waals surface area (Å²) in [6.07, 6.45) is 4.35. The topological polar surface area (TPSA) is 35.4 Å².